The van der Waals surface area contributed by atoms with E-state index in [4.69, 9.17) is 0 Å². The van der Waals surface area contributed by atoms with Gasteiger partial charge >= 0.3 is 0 Å². The number of hydrogen-bond acceptors (Lipinski definition) is 2. The van der Waals surface area contributed by atoms with Crippen LogP contribution in [0.5, 0.6) is 0 Å². The summed E-state index contributed by atoms with van der Waals surface area (Å²) in [6.07, 6.45) is 5.63. The fourth-order valence-electron chi connectivity index (χ4n) is 4.79. The summed E-state index contributed by atoms with van der Waals surface area (Å²) < 4.78 is 0. The number of benzene rings is 1. The highest BCUT2D eigenvalue weighted by atomic mass is 16.2. The Morgan fingerprint density at radius 3 is 1.95 bits per heavy atom. The standard InChI is InChI=1S/C17H15NO2/c19-16-14-10-6-7-11(13-8-12(10)13)15(14)17(20)18(16)9-4-2-1-3-5-9/h1-7,10-15H,8H2/t10-,11-,12-,13-,14+,15+/m1/s1. The summed E-state index contributed by atoms with van der Waals surface area (Å²) >= 11 is 0. The van der Waals surface area contributed by atoms with E-state index in [0.29, 0.717) is 23.7 Å². The molecule has 20 heavy (non-hydrogen) atoms. The molecule has 4 aliphatic carbocycles. The Balaban J connectivity index is 1.61. The maximum Gasteiger partial charge on any atom is 0.238 e. The second-order valence-corrected chi connectivity index (χ2v) is 6.50. The zero-order valence-corrected chi connectivity index (χ0v) is 11.0. The summed E-state index contributed by atoms with van der Waals surface area (Å²) in [5.74, 6) is 1.80. The van der Waals surface area contributed by atoms with E-state index in [1.54, 1.807) is 0 Å². The predicted octanol–water partition coefficient (Wildman–Crippen LogP) is 2.24. The first-order valence-corrected chi connectivity index (χ1v) is 7.38. The van der Waals surface area contributed by atoms with Gasteiger partial charge in [-0.15, -0.1) is 0 Å². The van der Waals surface area contributed by atoms with E-state index in [1.807, 2.05) is 30.3 Å². The average molecular weight is 265 g/mol. The minimum atomic E-state index is -0.0959. The van der Waals surface area contributed by atoms with Crippen LogP contribution in [0.2, 0.25) is 0 Å². The van der Waals surface area contributed by atoms with E-state index in [1.165, 1.54) is 11.3 Å². The lowest BCUT2D eigenvalue weighted by molar-refractivity contribution is -0.124. The Morgan fingerprint density at radius 2 is 1.40 bits per heavy atom. The van der Waals surface area contributed by atoms with Crippen LogP contribution in [0, 0.1) is 35.5 Å². The molecule has 1 heterocycles. The molecule has 0 unspecified atom stereocenters. The van der Waals surface area contributed by atoms with Crippen molar-refractivity contribution < 1.29 is 9.59 Å². The molecule has 100 valence electrons. The molecule has 0 spiro atoms. The highest BCUT2D eigenvalue weighted by Gasteiger charge is 2.67. The molecule has 1 saturated heterocycles. The van der Waals surface area contributed by atoms with Gasteiger partial charge in [0, 0.05) is 0 Å². The minimum Gasteiger partial charge on any atom is -0.274 e. The third-order valence-corrected chi connectivity index (χ3v) is 5.68. The number of nitrogens with zero attached hydrogens (tertiary/aromatic N) is 1. The SMILES string of the molecule is O=C1[C@H]2[C@@H]3C=C[C@H]([C@H]4C[C@H]34)[C@@H]2C(=O)N1c1ccccc1. The first-order chi connectivity index (χ1) is 9.77. The second-order valence-electron chi connectivity index (χ2n) is 6.50. The van der Waals surface area contributed by atoms with Crippen molar-refractivity contribution in [3.8, 4) is 0 Å². The molecule has 6 atom stereocenters. The van der Waals surface area contributed by atoms with Crippen LogP contribution in [0.25, 0.3) is 0 Å². The molecule has 2 bridgehead atoms. The summed E-state index contributed by atoms with van der Waals surface area (Å²) in [4.78, 5) is 27.0. The maximum atomic E-state index is 12.8. The minimum absolute atomic E-state index is 0.0240. The third-order valence-electron chi connectivity index (χ3n) is 5.68. The zero-order chi connectivity index (χ0) is 13.4. The van der Waals surface area contributed by atoms with Gasteiger partial charge in [-0.3, -0.25) is 14.5 Å². The summed E-state index contributed by atoms with van der Waals surface area (Å²) in [6, 6.07) is 9.36. The third kappa shape index (κ3) is 1.13. The van der Waals surface area contributed by atoms with Crippen molar-refractivity contribution >= 4 is 17.5 Å². The Kier molecular flexibility index (Phi) is 1.84. The van der Waals surface area contributed by atoms with Crippen molar-refractivity contribution in [2.75, 3.05) is 4.90 Å². The molecule has 3 fully saturated rings. The molecule has 0 aromatic heterocycles. The van der Waals surface area contributed by atoms with Gasteiger partial charge in [0.25, 0.3) is 0 Å². The van der Waals surface area contributed by atoms with Crippen LogP contribution in [0.1, 0.15) is 6.42 Å². The van der Waals surface area contributed by atoms with Crippen LogP contribution in [0.3, 0.4) is 0 Å². The van der Waals surface area contributed by atoms with Crippen LogP contribution in [0.4, 0.5) is 5.69 Å². The van der Waals surface area contributed by atoms with Gasteiger partial charge in [0.2, 0.25) is 11.8 Å². The van der Waals surface area contributed by atoms with E-state index in [0.717, 1.165) is 5.69 Å². The van der Waals surface area contributed by atoms with Crippen LogP contribution < -0.4 is 4.90 Å². The van der Waals surface area contributed by atoms with Gasteiger partial charge in [0.1, 0.15) is 0 Å². The number of amides is 2. The highest BCUT2D eigenvalue weighted by Crippen LogP contribution is 2.65. The molecular formula is C17H15NO2. The Bertz CT molecular complexity index is 614. The number of carbonyl (C=O) groups is 2. The van der Waals surface area contributed by atoms with Crippen molar-refractivity contribution in [3.63, 3.8) is 0 Å². The Morgan fingerprint density at radius 1 is 0.850 bits per heavy atom. The van der Waals surface area contributed by atoms with Crippen molar-refractivity contribution in [2.24, 2.45) is 35.5 Å². The number of anilines is 1. The number of hydrogen-bond donors (Lipinski definition) is 0. The molecule has 6 rings (SSSR count). The lowest BCUT2D eigenvalue weighted by Gasteiger charge is -2.37. The van der Waals surface area contributed by atoms with Crippen LogP contribution in [0.15, 0.2) is 42.5 Å². The van der Waals surface area contributed by atoms with Gasteiger partial charge in [-0.25, -0.2) is 0 Å². The second kappa shape index (κ2) is 3.40. The molecule has 1 aromatic rings. The van der Waals surface area contributed by atoms with E-state index in [9.17, 15) is 9.59 Å². The molecule has 2 amide bonds. The first-order valence-electron chi connectivity index (χ1n) is 7.38. The monoisotopic (exact) mass is 265 g/mol. The average Bonchev–Trinajstić information content (AvgIpc) is 3.25. The Labute approximate surface area is 117 Å². The number of imide groups is 1. The highest BCUT2D eigenvalue weighted by molar-refractivity contribution is 6.22. The smallest absolute Gasteiger partial charge is 0.238 e. The topological polar surface area (TPSA) is 37.4 Å². The molecular weight excluding hydrogens is 250 g/mol. The summed E-state index contributed by atoms with van der Waals surface area (Å²) in [5.41, 5.74) is 0.727. The summed E-state index contributed by atoms with van der Waals surface area (Å²) in [7, 11) is 0. The molecule has 2 saturated carbocycles. The van der Waals surface area contributed by atoms with E-state index in [-0.39, 0.29) is 23.7 Å². The van der Waals surface area contributed by atoms with Crippen molar-refractivity contribution in [1.82, 2.24) is 0 Å². The van der Waals surface area contributed by atoms with Gasteiger partial charge < -0.3 is 0 Å². The van der Waals surface area contributed by atoms with E-state index < -0.39 is 0 Å². The molecule has 3 heteroatoms. The molecule has 5 aliphatic rings. The molecule has 1 aliphatic heterocycles. The van der Waals surface area contributed by atoms with Crippen molar-refractivity contribution in [2.45, 2.75) is 6.42 Å². The van der Waals surface area contributed by atoms with Crippen LogP contribution in [-0.4, -0.2) is 11.8 Å². The quantitative estimate of drug-likeness (QED) is 0.577. The predicted molar refractivity (Wildman–Crippen MR) is 73.6 cm³/mol. The number of allylic oxidation sites excluding steroid dienone is 2. The Hall–Kier alpha value is -1.90. The number of rotatable bonds is 1. The van der Waals surface area contributed by atoms with Gasteiger partial charge in [-0.05, 0) is 42.2 Å². The van der Waals surface area contributed by atoms with Crippen molar-refractivity contribution in [3.05, 3.63) is 42.5 Å². The first kappa shape index (κ1) is 10.8. The fourth-order valence-corrected chi connectivity index (χ4v) is 4.79. The molecule has 3 nitrogen and oxygen atoms in total. The van der Waals surface area contributed by atoms with E-state index in [2.05, 4.69) is 12.2 Å². The fraction of sp³-hybridized carbons (Fsp3) is 0.412. The summed E-state index contributed by atoms with van der Waals surface area (Å²) in [6.45, 7) is 0. The number of para-hydroxylation sites is 1. The molecule has 1 aromatic carbocycles. The van der Waals surface area contributed by atoms with Crippen LogP contribution >= 0.6 is 0 Å². The van der Waals surface area contributed by atoms with Gasteiger partial charge in [0.05, 0.1) is 17.5 Å². The van der Waals surface area contributed by atoms with Crippen LogP contribution in [-0.2, 0) is 9.59 Å². The lowest BCUT2D eigenvalue weighted by atomic mass is 9.63. The van der Waals surface area contributed by atoms with Gasteiger partial charge in [0.15, 0.2) is 0 Å². The molecule has 0 radical (unpaired) electrons. The maximum absolute atomic E-state index is 12.8. The largest absolute Gasteiger partial charge is 0.274 e. The van der Waals surface area contributed by atoms with Gasteiger partial charge in [-0.2, -0.15) is 0 Å². The molecule has 0 N–H and O–H groups in total. The number of carbonyl (C=O) groups excluding carboxylic acids is 2. The van der Waals surface area contributed by atoms with Crippen molar-refractivity contribution in [1.29, 1.82) is 0 Å². The summed E-state index contributed by atoms with van der Waals surface area (Å²) in [5, 5.41) is 0. The van der Waals surface area contributed by atoms with E-state index >= 15 is 0 Å². The van der Waals surface area contributed by atoms with Gasteiger partial charge in [-0.1, -0.05) is 30.4 Å². The normalized spacial score (nSPS) is 43.7. The zero-order valence-electron chi connectivity index (χ0n) is 11.0. The lowest BCUT2D eigenvalue weighted by Crippen LogP contribution is -2.40.